The number of nitrogens with zero attached hydrogens (tertiary/aromatic N) is 4. The van der Waals surface area contributed by atoms with E-state index in [0.717, 1.165) is 59.6 Å². The van der Waals surface area contributed by atoms with E-state index in [2.05, 4.69) is 65.6 Å². The first-order valence-electron chi connectivity index (χ1n) is 21.1. The van der Waals surface area contributed by atoms with Crippen LogP contribution in [0.4, 0.5) is 0 Å². The third-order valence-electron chi connectivity index (χ3n) is 10.1. The molecule has 2 aromatic carbocycles. The van der Waals surface area contributed by atoms with Crippen molar-refractivity contribution in [3.05, 3.63) is 84.7 Å². The molecular weight excluding hydrogens is 844 g/mol. The molecule has 2 aromatic heterocycles. The largest absolute Gasteiger partial charge is 0.426 e. The van der Waals surface area contributed by atoms with Gasteiger partial charge in [0, 0.05) is 33.2 Å². The maximum Gasteiger partial charge on any atom is 0.315 e. The lowest BCUT2D eigenvalue weighted by Crippen LogP contribution is -2.25. The van der Waals surface area contributed by atoms with Crippen molar-refractivity contribution in [1.82, 2.24) is 19.9 Å². The van der Waals surface area contributed by atoms with Crippen LogP contribution in [-0.4, -0.2) is 41.5 Å². The Hall–Kier alpha value is -3.50. The Bertz CT molecular complexity index is 1700. The summed E-state index contributed by atoms with van der Waals surface area (Å²) in [6, 6.07) is 14.9. The molecular formula is C47H64Br2N4O4. The molecule has 0 bridgehead atoms. The van der Waals surface area contributed by atoms with Gasteiger partial charge in [-0.25, -0.2) is 0 Å². The molecule has 0 N–H and O–H groups in total. The molecule has 57 heavy (non-hydrogen) atoms. The van der Waals surface area contributed by atoms with Crippen LogP contribution in [0.3, 0.4) is 0 Å². The fourth-order valence-electron chi connectivity index (χ4n) is 6.07. The predicted octanol–water partition coefficient (Wildman–Crippen LogP) is 13.1. The third kappa shape index (κ3) is 17.5. The maximum absolute atomic E-state index is 12.2. The molecule has 4 atom stereocenters. The summed E-state index contributed by atoms with van der Waals surface area (Å²) in [7, 11) is 0. The van der Waals surface area contributed by atoms with Gasteiger partial charge in [-0.15, -0.1) is 0 Å². The standard InChI is InChI=1S/C24H33BrN2O2.C23H31BrN2O2/c1-4-6-7-8-9-10-11-20-16-27-23(17-26-20)19-12-14-21(15-13-19)29-24(28)18(3)22(25)5-2;1-4-6-7-8-9-10-19-15-26-22(16-25-19)18-11-13-20(14-12-18)28-23(27)17(3)21(24)5-2/h12-18,22H,4-11H2,1-3H3;11-17,21H,4-10H2,1-3H3. The van der Waals surface area contributed by atoms with Gasteiger partial charge in [-0.2, -0.15) is 0 Å². The van der Waals surface area contributed by atoms with Gasteiger partial charge in [0.15, 0.2) is 0 Å². The van der Waals surface area contributed by atoms with E-state index >= 15 is 0 Å². The van der Waals surface area contributed by atoms with Crippen LogP contribution in [0.1, 0.15) is 136 Å². The number of unbranched alkanes of at least 4 members (excludes halogenated alkanes) is 9. The van der Waals surface area contributed by atoms with E-state index in [0.29, 0.717) is 11.5 Å². The second-order valence-corrected chi connectivity index (χ2v) is 17.1. The number of halogens is 2. The Kier molecular flexibility index (Phi) is 22.9. The molecule has 0 radical (unpaired) electrons. The minimum absolute atomic E-state index is 0.124. The second-order valence-electron chi connectivity index (χ2n) is 14.8. The highest BCUT2D eigenvalue weighted by Crippen LogP contribution is 2.25. The lowest BCUT2D eigenvalue weighted by molar-refractivity contribution is -0.139. The minimum Gasteiger partial charge on any atom is -0.426 e. The number of hydrogen-bond acceptors (Lipinski definition) is 8. The van der Waals surface area contributed by atoms with Crippen LogP contribution in [0.2, 0.25) is 0 Å². The number of ether oxygens (including phenoxy) is 2. The van der Waals surface area contributed by atoms with E-state index in [1.807, 2.05) is 76.7 Å². The van der Waals surface area contributed by atoms with Crippen LogP contribution in [0.5, 0.6) is 11.5 Å². The number of aryl methyl sites for hydroxylation is 2. The van der Waals surface area contributed by atoms with E-state index in [9.17, 15) is 9.59 Å². The van der Waals surface area contributed by atoms with Crippen LogP contribution in [0.25, 0.3) is 22.5 Å². The fourth-order valence-corrected chi connectivity index (χ4v) is 6.50. The van der Waals surface area contributed by atoms with Gasteiger partial charge in [0.1, 0.15) is 11.5 Å². The number of rotatable bonds is 23. The number of aromatic nitrogens is 4. The van der Waals surface area contributed by atoms with Gasteiger partial charge >= 0.3 is 11.9 Å². The number of carbonyl (C=O) groups is 2. The molecule has 10 heteroatoms. The summed E-state index contributed by atoms with van der Waals surface area (Å²) in [5.41, 5.74) is 5.66. The predicted molar refractivity (Wildman–Crippen MR) is 240 cm³/mol. The Morgan fingerprint density at radius 3 is 1.18 bits per heavy atom. The quantitative estimate of drug-likeness (QED) is 0.0314. The Morgan fingerprint density at radius 2 is 0.860 bits per heavy atom. The van der Waals surface area contributed by atoms with Gasteiger partial charge in [-0.05, 0) is 87.1 Å². The van der Waals surface area contributed by atoms with Gasteiger partial charge < -0.3 is 9.47 Å². The average Bonchev–Trinajstić information content (AvgIpc) is 3.25. The highest BCUT2D eigenvalue weighted by Gasteiger charge is 2.23. The van der Waals surface area contributed by atoms with Gasteiger partial charge in [0.05, 0.1) is 47.0 Å². The van der Waals surface area contributed by atoms with Crippen molar-refractivity contribution in [2.45, 2.75) is 148 Å². The van der Waals surface area contributed by atoms with Crippen molar-refractivity contribution in [1.29, 1.82) is 0 Å². The summed E-state index contributed by atoms with van der Waals surface area (Å²) in [6.07, 6.45) is 25.1. The lowest BCUT2D eigenvalue weighted by Gasteiger charge is -2.15. The number of benzene rings is 2. The summed E-state index contributed by atoms with van der Waals surface area (Å²) in [4.78, 5) is 42.8. The molecule has 0 fully saturated rings. The maximum atomic E-state index is 12.2. The highest BCUT2D eigenvalue weighted by atomic mass is 79.9. The molecule has 8 nitrogen and oxygen atoms in total. The van der Waals surface area contributed by atoms with Crippen molar-refractivity contribution in [3.63, 3.8) is 0 Å². The topological polar surface area (TPSA) is 104 Å². The van der Waals surface area contributed by atoms with E-state index < -0.39 is 0 Å². The number of alkyl halides is 2. The Balaban J connectivity index is 0.000000306. The highest BCUT2D eigenvalue weighted by molar-refractivity contribution is 9.09. The van der Waals surface area contributed by atoms with Gasteiger partial charge in [0.2, 0.25) is 0 Å². The Labute approximate surface area is 359 Å². The van der Waals surface area contributed by atoms with Crippen LogP contribution < -0.4 is 9.47 Å². The smallest absolute Gasteiger partial charge is 0.315 e. The van der Waals surface area contributed by atoms with E-state index in [1.54, 1.807) is 24.3 Å². The van der Waals surface area contributed by atoms with Crippen molar-refractivity contribution < 1.29 is 19.1 Å². The van der Waals surface area contributed by atoms with Crippen LogP contribution in [-0.2, 0) is 22.4 Å². The van der Waals surface area contributed by atoms with Gasteiger partial charge in [-0.3, -0.25) is 29.5 Å². The SMILES string of the molecule is CCCCCCCCc1cnc(-c2ccc(OC(=O)C(C)C(Br)CC)cc2)cn1.CCCCCCCc1cnc(-c2ccc(OC(=O)C(C)C(Br)CC)cc2)cn1. The molecule has 0 saturated heterocycles. The zero-order valence-electron chi connectivity index (χ0n) is 35.0. The number of esters is 2. The molecule has 0 saturated carbocycles. The zero-order chi connectivity index (χ0) is 41.4. The van der Waals surface area contributed by atoms with Crippen molar-refractivity contribution in [2.24, 2.45) is 11.8 Å². The van der Waals surface area contributed by atoms with E-state index in [-0.39, 0.29) is 33.4 Å². The average molecular weight is 909 g/mol. The molecule has 0 spiro atoms. The first kappa shape index (κ1) is 47.9. The van der Waals surface area contributed by atoms with Gasteiger partial charge in [-0.1, -0.05) is 131 Å². The molecule has 2 heterocycles. The van der Waals surface area contributed by atoms with Crippen LogP contribution in [0, 0.1) is 11.8 Å². The molecule has 4 aromatic rings. The zero-order valence-corrected chi connectivity index (χ0v) is 38.2. The van der Waals surface area contributed by atoms with Crippen molar-refractivity contribution in [2.75, 3.05) is 0 Å². The number of carbonyl (C=O) groups excluding carboxylic acids is 2. The molecule has 0 aliphatic heterocycles. The molecule has 4 rings (SSSR count). The van der Waals surface area contributed by atoms with Crippen LogP contribution in [0.15, 0.2) is 73.3 Å². The van der Waals surface area contributed by atoms with Crippen molar-refractivity contribution >= 4 is 43.8 Å². The fraction of sp³-hybridized carbons (Fsp3) is 0.532. The first-order valence-corrected chi connectivity index (χ1v) is 23.0. The molecule has 0 aliphatic rings. The van der Waals surface area contributed by atoms with Gasteiger partial charge in [0.25, 0.3) is 0 Å². The second kappa shape index (κ2) is 27.2. The third-order valence-corrected chi connectivity index (χ3v) is 13.0. The summed E-state index contributed by atoms with van der Waals surface area (Å²) >= 11 is 7.03. The summed E-state index contributed by atoms with van der Waals surface area (Å²) in [6.45, 7) is 12.3. The monoisotopic (exact) mass is 906 g/mol. The normalized spacial score (nSPS) is 13.1. The van der Waals surface area contributed by atoms with E-state index in [1.165, 1.54) is 70.6 Å². The minimum atomic E-state index is -0.223. The molecule has 4 unspecified atom stereocenters. The van der Waals surface area contributed by atoms with Crippen molar-refractivity contribution in [3.8, 4) is 34.0 Å². The first-order chi connectivity index (χ1) is 27.6. The Morgan fingerprint density at radius 1 is 0.509 bits per heavy atom. The summed E-state index contributed by atoms with van der Waals surface area (Å²) in [5, 5.41) is 0. The molecule has 0 amide bonds. The summed E-state index contributed by atoms with van der Waals surface area (Å²) in [5.74, 6) is 0.275. The molecule has 310 valence electrons. The number of hydrogen-bond donors (Lipinski definition) is 0. The van der Waals surface area contributed by atoms with Crippen LogP contribution >= 0.6 is 31.9 Å². The lowest BCUT2D eigenvalue weighted by atomic mass is 10.1. The molecule has 0 aliphatic carbocycles. The van der Waals surface area contributed by atoms with E-state index in [4.69, 9.17) is 9.47 Å². The summed E-state index contributed by atoms with van der Waals surface area (Å²) < 4.78 is 11.0.